The zero-order valence-corrected chi connectivity index (χ0v) is 12.9. The van der Waals surface area contributed by atoms with Crippen LogP contribution in [0.5, 0.6) is 0 Å². The number of hydrogen-bond acceptors (Lipinski definition) is 0. The molecule has 0 N–H and O–H groups in total. The van der Waals surface area contributed by atoms with Gasteiger partial charge in [-0.15, -0.1) is 0 Å². The van der Waals surface area contributed by atoms with Crippen molar-refractivity contribution in [3.8, 4) is 0 Å². The summed E-state index contributed by atoms with van der Waals surface area (Å²) in [6, 6.07) is 0. The second kappa shape index (κ2) is 15.9. The van der Waals surface area contributed by atoms with E-state index in [1.165, 1.54) is 0 Å². The number of hydrogen-bond donors (Lipinski definition) is 0. The van der Waals surface area contributed by atoms with Crippen molar-refractivity contribution in [1.29, 1.82) is 0 Å². The van der Waals surface area contributed by atoms with Crippen LogP contribution in [0.25, 0.3) is 0 Å². The third kappa shape index (κ3) is 9.16. The molecule has 4 heteroatoms. The van der Waals surface area contributed by atoms with Crippen molar-refractivity contribution in [3.63, 3.8) is 0 Å². The van der Waals surface area contributed by atoms with Crippen molar-refractivity contribution in [1.82, 2.24) is 0 Å². The second-order valence-electron chi connectivity index (χ2n) is 0. The van der Waals surface area contributed by atoms with E-state index in [9.17, 15) is 0 Å². The van der Waals surface area contributed by atoms with E-state index in [0.29, 0.717) is 0 Å². The summed E-state index contributed by atoms with van der Waals surface area (Å²) in [5.41, 5.74) is 0. The van der Waals surface area contributed by atoms with E-state index >= 15 is 0 Å². The fourth-order valence-electron chi connectivity index (χ4n) is 0. The summed E-state index contributed by atoms with van der Waals surface area (Å²) < 4.78 is 0. The normalized spacial score (nSPS) is 0. The molecule has 0 saturated carbocycles. The van der Waals surface area contributed by atoms with Crippen LogP contribution in [0.4, 0.5) is 0 Å². The standard InChI is InChI=1S/Ac.3HI/h;3*1H/p-3. The Morgan fingerprint density at radius 1 is 0.500 bits per heavy atom. The topological polar surface area (TPSA) is 0 Å². The summed E-state index contributed by atoms with van der Waals surface area (Å²) in [4.78, 5) is 0. The van der Waals surface area contributed by atoms with Gasteiger partial charge in [0.05, 0.1) is 0 Å². The summed E-state index contributed by atoms with van der Waals surface area (Å²) in [7, 11) is 0. The summed E-state index contributed by atoms with van der Waals surface area (Å²) in [5, 5.41) is 0. The van der Waals surface area contributed by atoms with Gasteiger partial charge in [0.25, 0.3) is 0 Å². The molecule has 0 aromatic rings. The van der Waals surface area contributed by atoms with Crippen LogP contribution < -0.4 is 71.9 Å². The molecule has 0 unspecified atom stereocenters. The van der Waals surface area contributed by atoms with Gasteiger partial charge in [-0.3, -0.25) is 0 Å². The average molecular weight is 608 g/mol. The predicted octanol–water partition coefficient (Wildman–Crippen LogP) is -8.99. The summed E-state index contributed by atoms with van der Waals surface area (Å²) in [6.07, 6.45) is 0. The first kappa shape index (κ1) is 25.4. The molecule has 0 fully saturated rings. The van der Waals surface area contributed by atoms with Gasteiger partial charge in [0.2, 0.25) is 0 Å². The number of halogens is 3. The Morgan fingerprint density at radius 2 is 0.500 bits per heavy atom. The Bertz CT molecular complexity index is 3.25. The molecule has 0 aromatic carbocycles. The van der Waals surface area contributed by atoms with Crippen molar-refractivity contribution in [2.45, 2.75) is 0 Å². The van der Waals surface area contributed by atoms with Gasteiger partial charge in [0.15, 0.2) is 0 Å². The van der Waals surface area contributed by atoms with Crippen molar-refractivity contribution in [3.05, 3.63) is 0 Å². The molecule has 0 aliphatic heterocycles. The smallest absolute Gasteiger partial charge is 0 e. The van der Waals surface area contributed by atoms with E-state index < -0.39 is 0 Å². The van der Waals surface area contributed by atoms with Crippen molar-refractivity contribution >= 4 is 0 Å². The van der Waals surface area contributed by atoms with E-state index in [2.05, 4.69) is 0 Å². The van der Waals surface area contributed by atoms with Crippen molar-refractivity contribution < 1.29 is 116 Å². The monoisotopic (exact) mass is 608 g/mol. The van der Waals surface area contributed by atoms with Gasteiger partial charge < -0.3 is 71.9 Å². The largest absolute Gasteiger partial charge is 1.00 e. The van der Waals surface area contributed by atoms with Crippen LogP contribution in [0, 0.1) is 44.1 Å². The molecule has 0 heterocycles. The van der Waals surface area contributed by atoms with Crippen LogP contribution in [-0.2, 0) is 0 Å². The SMILES string of the molecule is [Ac].[I-].[I-].[I-]. The van der Waals surface area contributed by atoms with Gasteiger partial charge in [-0.25, -0.2) is 0 Å². The van der Waals surface area contributed by atoms with E-state index in [4.69, 9.17) is 0 Å². The van der Waals surface area contributed by atoms with Gasteiger partial charge in [0.1, 0.15) is 0 Å². The van der Waals surface area contributed by atoms with E-state index in [-0.39, 0.29) is 116 Å². The minimum atomic E-state index is 0. The third-order valence-corrected chi connectivity index (χ3v) is 0. The number of rotatable bonds is 0. The summed E-state index contributed by atoms with van der Waals surface area (Å²) in [5.74, 6) is 0. The van der Waals surface area contributed by atoms with Crippen LogP contribution in [0.3, 0.4) is 0 Å². The zero-order valence-electron chi connectivity index (χ0n) is 1.71. The molecule has 1 radical (unpaired) electrons. The van der Waals surface area contributed by atoms with Gasteiger partial charge in [-0.2, -0.15) is 0 Å². The van der Waals surface area contributed by atoms with Crippen LogP contribution in [0.1, 0.15) is 0 Å². The zero-order chi connectivity index (χ0) is 0. The predicted molar refractivity (Wildman–Crippen MR) is 0 cm³/mol. The molecule has 27 valence electrons. The molecule has 0 aromatic heterocycles. The first-order chi connectivity index (χ1) is 0. The maximum atomic E-state index is 0. The molecule has 0 atom stereocenters. The Balaban J connectivity index is 0. The fraction of sp³-hybridized carbons (Fsp3) is 0. The maximum absolute atomic E-state index is 0. The molecule has 0 spiro atoms. The van der Waals surface area contributed by atoms with Crippen LogP contribution in [0.2, 0.25) is 0 Å². The third-order valence-electron chi connectivity index (χ3n) is 0. The van der Waals surface area contributed by atoms with Crippen LogP contribution in [0.15, 0.2) is 0 Å². The minimum Gasteiger partial charge on any atom is -1.00 e. The molecule has 0 nitrogen and oxygen atoms in total. The van der Waals surface area contributed by atoms with Gasteiger partial charge in [0, 0.05) is 44.1 Å². The molecule has 0 aliphatic carbocycles. The second-order valence-corrected chi connectivity index (χ2v) is 0. The van der Waals surface area contributed by atoms with E-state index in [1.807, 2.05) is 0 Å². The van der Waals surface area contributed by atoms with Crippen LogP contribution >= 0.6 is 0 Å². The molecule has 0 rings (SSSR count). The van der Waals surface area contributed by atoms with Crippen LogP contribution in [-0.4, -0.2) is 0 Å². The Morgan fingerprint density at radius 3 is 0.500 bits per heavy atom. The molecule has 0 aliphatic rings. The maximum Gasteiger partial charge on any atom is 0 e. The minimum absolute atomic E-state index is 0. The van der Waals surface area contributed by atoms with E-state index in [0.717, 1.165) is 0 Å². The first-order valence-electron chi connectivity index (χ1n) is 0. The quantitative estimate of drug-likeness (QED) is 0.240. The van der Waals surface area contributed by atoms with E-state index in [1.54, 1.807) is 0 Å². The van der Waals surface area contributed by atoms with Gasteiger partial charge >= 0.3 is 0 Å². The summed E-state index contributed by atoms with van der Waals surface area (Å²) in [6.45, 7) is 0. The molecular weight excluding hydrogens is 608 g/mol. The molecule has 0 saturated heterocycles. The van der Waals surface area contributed by atoms with Crippen molar-refractivity contribution in [2.24, 2.45) is 0 Å². The average Bonchev–Trinajstić information content (AvgIpc) is 0. The molecular formula is AcI3-3. The Hall–Kier alpha value is 3.63. The molecule has 0 bridgehead atoms. The molecule has 0 amide bonds. The van der Waals surface area contributed by atoms with Gasteiger partial charge in [-0.1, -0.05) is 0 Å². The fourth-order valence-corrected chi connectivity index (χ4v) is 0. The Kier molecular flexibility index (Phi) is 101. The first-order valence-corrected chi connectivity index (χ1v) is 0. The Labute approximate surface area is 113 Å². The van der Waals surface area contributed by atoms with Gasteiger partial charge in [-0.05, 0) is 0 Å². The summed E-state index contributed by atoms with van der Waals surface area (Å²) >= 11 is 0. The van der Waals surface area contributed by atoms with Crippen molar-refractivity contribution in [2.75, 3.05) is 0 Å². The molecule has 4 heavy (non-hydrogen) atoms.